The summed E-state index contributed by atoms with van der Waals surface area (Å²) in [6.45, 7) is 0. The predicted molar refractivity (Wildman–Crippen MR) is 25.5 cm³/mol. The van der Waals surface area contributed by atoms with Crippen LogP contribution >= 0.6 is 0 Å². The molecule has 0 radical (unpaired) electrons. The Balaban J connectivity index is -0.0000000450. The predicted octanol–water partition coefficient (Wildman–Crippen LogP) is 0.787. The van der Waals surface area contributed by atoms with Crippen LogP contribution in [0.1, 0.15) is 0 Å². The van der Waals surface area contributed by atoms with E-state index >= 15 is 0 Å². The largest absolute Gasteiger partial charge is 3.00 e. The molecule has 0 bridgehead atoms. The molecule has 0 heterocycles. The van der Waals surface area contributed by atoms with Crippen LogP contribution in [0, 0.1) is 14.5 Å². The van der Waals surface area contributed by atoms with Gasteiger partial charge in [0.15, 0.2) is 0 Å². The summed E-state index contributed by atoms with van der Waals surface area (Å²) in [6, 6.07) is 0. The zero-order valence-corrected chi connectivity index (χ0v) is 7.57. The number of hydrogen-bond donors (Lipinski definition) is 0. The van der Waals surface area contributed by atoms with Crippen molar-refractivity contribution in [2.45, 2.75) is 0 Å². The van der Waals surface area contributed by atoms with Gasteiger partial charge in [-0.05, 0) is 14.1 Å². The van der Waals surface area contributed by atoms with Crippen molar-refractivity contribution in [1.29, 1.82) is 0 Å². The smallest absolute Gasteiger partial charge is 0.464 e. The van der Waals surface area contributed by atoms with Gasteiger partial charge in [0.1, 0.15) is 0 Å². The molecular formula is C4H11NY+. The van der Waals surface area contributed by atoms with Crippen LogP contribution in [0.15, 0.2) is 0 Å². The molecule has 1 nitrogen and oxygen atoms in total. The van der Waals surface area contributed by atoms with Crippen molar-refractivity contribution in [2.24, 2.45) is 0 Å². The first-order valence-corrected chi connectivity index (χ1v) is 1.21. The maximum Gasteiger partial charge on any atom is 3.00 e. The topological polar surface area (TPSA) is 3.24 Å². The molecule has 34 valence electrons. The summed E-state index contributed by atoms with van der Waals surface area (Å²) in [4.78, 5) is 1.75. The summed E-state index contributed by atoms with van der Waals surface area (Å²) in [5.41, 5.74) is 0. The van der Waals surface area contributed by atoms with Gasteiger partial charge in [-0.1, -0.05) is 0 Å². The fourth-order valence-electron chi connectivity index (χ4n) is 0. The second-order valence-electron chi connectivity index (χ2n) is 1.08. The van der Waals surface area contributed by atoms with Crippen molar-refractivity contribution >= 4 is 0 Å². The van der Waals surface area contributed by atoms with Crippen molar-refractivity contribution in [2.75, 3.05) is 14.1 Å². The maximum atomic E-state index is 3.47. The second kappa shape index (κ2) is 9.42. The van der Waals surface area contributed by atoms with E-state index in [1.807, 2.05) is 14.1 Å². The van der Waals surface area contributed by atoms with Gasteiger partial charge in [0.05, 0.1) is 0 Å². The fraction of sp³-hybridized carbons (Fsp3) is 0.500. The first kappa shape index (κ1) is 15.7. The first-order valence-electron chi connectivity index (χ1n) is 1.21. The van der Waals surface area contributed by atoms with Gasteiger partial charge in [-0.2, -0.15) is 0 Å². The van der Waals surface area contributed by atoms with Gasteiger partial charge in [-0.25, -0.2) is 0 Å². The van der Waals surface area contributed by atoms with E-state index in [9.17, 15) is 0 Å². The van der Waals surface area contributed by atoms with Crippen LogP contribution < -0.4 is 0 Å². The summed E-state index contributed by atoms with van der Waals surface area (Å²) in [6.07, 6.45) is 0. The molecule has 0 aromatic heterocycles. The van der Waals surface area contributed by atoms with Crippen LogP contribution in [-0.4, -0.2) is 19.0 Å². The Bertz CT molecular complexity index is 12.3. The summed E-state index contributed by atoms with van der Waals surface area (Å²) < 4.78 is 0. The van der Waals surface area contributed by atoms with Crippen molar-refractivity contribution in [3.05, 3.63) is 14.5 Å². The van der Waals surface area contributed by atoms with Crippen molar-refractivity contribution in [3.8, 4) is 0 Å². The third kappa shape index (κ3) is 73.9. The van der Waals surface area contributed by atoms with Gasteiger partial charge < -0.3 is 12.3 Å². The molecule has 0 aromatic rings. The van der Waals surface area contributed by atoms with Crippen LogP contribution in [0.25, 0.3) is 0 Å². The van der Waals surface area contributed by atoms with Crippen molar-refractivity contribution in [1.82, 2.24) is 4.90 Å². The zero-order chi connectivity index (χ0) is 3.58. The third-order valence-corrected chi connectivity index (χ3v) is 0. The Kier molecular flexibility index (Phi) is 24.7. The van der Waals surface area contributed by atoms with Crippen molar-refractivity contribution in [3.63, 3.8) is 0 Å². The van der Waals surface area contributed by atoms with Gasteiger partial charge in [0.25, 0.3) is 0 Å². The Morgan fingerprint density at radius 3 is 1.33 bits per heavy atom. The molecule has 0 N–H and O–H groups in total. The van der Waals surface area contributed by atoms with Gasteiger partial charge in [0.2, 0.25) is 0 Å². The summed E-state index contributed by atoms with van der Waals surface area (Å²) >= 11 is 0. The average Bonchev–Trinajstić information content (AvgIpc) is 0.811. The SMILES string of the molecule is [CH2-]N(C)C.[CH3-].[Y+3]. The molecule has 0 fully saturated rings. The molecule has 6 heavy (non-hydrogen) atoms. The minimum Gasteiger partial charge on any atom is -0.464 e. The van der Waals surface area contributed by atoms with E-state index in [1.54, 1.807) is 4.90 Å². The molecular weight excluding hydrogens is 151 g/mol. The number of rotatable bonds is 0. The fourth-order valence-corrected chi connectivity index (χ4v) is 0. The van der Waals surface area contributed by atoms with E-state index in [0.717, 1.165) is 0 Å². The Morgan fingerprint density at radius 2 is 1.33 bits per heavy atom. The Hall–Kier alpha value is 1.06. The summed E-state index contributed by atoms with van der Waals surface area (Å²) in [5, 5.41) is 0. The summed E-state index contributed by atoms with van der Waals surface area (Å²) in [7, 11) is 7.25. The monoisotopic (exact) mass is 162 g/mol. The Morgan fingerprint density at radius 1 is 1.33 bits per heavy atom. The van der Waals surface area contributed by atoms with Crippen molar-refractivity contribution < 1.29 is 32.7 Å². The number of nitrogens with zero attached hydrogens (tertiary/aromatic N) is 1. The molecule has 0 atom stereocenters. The molecule has 0 aliphatic carbocycles. The van der Waals surface area contributed by atoms with E-state index in [4.69, 9.17) is 0 Å². The molecule has 0 saturated heterocycles. The molecule has 0 spiro atoms. The minimum absolute atomic E-state index is 0. The van der Waals surface area contributed by atoms with Gasteiger partial charge in [-0.15, -0.1) is 0 Å². The third-order valence-electron chi connectivity index (χ3n) is 0. The van der Waals surface area contributed by atoms with Crippen LogP contribution in [0.3, 0.4) is 0 Å². The minimum atomic E-state index is 0. The molecule has 0 amide bonds. The Labute approximate surface area is 66.0 Å². The molecule has 0 aliphatic rings. The molecule has 0 aliphatic heterocycles. The van der Waals surface area contributed by atoms with E-state index in [-0.39, 0.29) is 40.1 Å². The van der Waals surface area contributed by atoms with Gasteiger partial charge >= 0.3 is 32.7 Å². The van der Waals surface area contributed by atoms with Crippen LogP contribution in [-0.2, 0) is 32.7 Å². The maximum absolute atomic E-state index is 3.47. The van der Waals surface area contributed by atoms with Gasteiger partial charge in [-0.3, -0.25) is 7.05 Å². The zero-order valence-electron chi connectivity index (χ0n) is 4.73. The van der Waals surface area contributed by atoms with E-state index in [0.29, 0.717) is 0 Å². The van der Waals surface area contributed by atoms with E-state index < -0.39 is 0 Å². The summed E-state index contributed by atoms with van der Waals surface area (Å²) in [5.74, 6) is 0. The van der Waals surface area contributed by atoms with Crippen LogP contribution in [0.4, 0.5) is 0 Å². The quantitative estimate of drug-likeness (QED) is 0.476. The average molecular weight is 162 g/mol. The second-order valence-corrected chi connectivity index (χ2v) is 1.08. The molecule has 0 unspecified atom stereocenters. The normalized spacial score (nSPS) is 6.00. The van der Waals surface area contributed by atoms with Crippen LogP contribution in [0.5, 0.6) is 0 Å². The molecule has 0 rings (SSSR count). The molecule has 2 heteroatoms. The first-order chi connectivity index (χ1) is 1.73. The van der Waals surface area contributed by atoms with Crippen LogP contribution in [0.2, 0.25) is 0 Å². The van der Waals surface area contributed by atoms with Gasteiger partial charge in [0, 0.05) is 0 Å². The number of hydrogen-bond acceptors (Lipinski definition) is 1. The molecule has 0 saturated carbocycles. The standard InChI is InChI=1S/C3H8N.CH3.Y/c1-4(2)3;;/h1H2,2-3H3;1H3;/q2*-1;+3. The van der Waals surface area contributed by atoms with E-state index in [1.165, 1.54) is 0 Å². The van der Waals surface area contributed by atoms with E-state index in [2.05, 4.69) is 7.05 Å². The molecule has 0 aromatic carbocycles.